The molecule has 0 N–H and O–H groups in total. The standard InChI is InChI=1S/C31H28FN3O4/c1-37-16-15-35-28-18-24(31(36)38-2)12-13-27(28)34-29(35)19-23-11-10-22(17-26(23)32)25-9-6-14-33-30(25)39-20-21-7-4-3-5-8-21/h3-14,17-18H,15-16,19-20H2,1-2H3. The predicted molar refractivity (Wildman–Crippen MR) is 146 cm³/mol. The van der Waals surface area contributed by atoms with E-state index in [-0.39, 0.29) is 12.2 Å². The second-order valence-corrected chi connectivity index (χ2v) is 8.98. The van der Waals surface area contributed by atoms with Crippen molar-refractivity contribution in [2.75, 3.05) is 20.8 Å². The van der Waals surface area contributed by atoms with Gasteiger partial charge in [0.05, 0.1) is 30.3 Å². The minimum absolute atomic E-state index is 0.266. The van der Waals surface area contributed by atoms with Crippen molar-refractivity contribution < 1.29 is 23.4 Å². The molecule has 198 valence electrons. The lowest BCUT2D eigenvalue weighted by Gasteiger charge is -2.12. The van der Waals surface area contributed by atoms with Gasteiger partial charge < -0.3 is 18.8 Å². The van der Waals surface area contributed by atoms with Crippen LogP contribution in [-0.2, 0) is 29.0 Å². The first-order valence-corrected chi connectivity index (χ1v) is 12.5. The molecule has 0 saturated heterocycles. The summed E-state index contributed by atoms with van der Waals surface area (Å²) in [6.07, 6.45) is 1.92. The van der Waals surface area contributed by atoms with Crippen molar-refractivity contribution in [1.82, 2.24) is 14.5 Å². The van der Waals surface area contributed by atoms with Crippen molar-refractivity contribution in [3.63, 3.8) is 0 Å². The van der Waals surface area contributed by atoms with E-state index in [1.165, 1.54) is 13.2 Å². The van der Waals surface area contributed by atoms with Gasteiger partial charge in [-0.2, -0.15) is 0 Å². The molecule has 0 saturated carbocycles. The van der Waals surface area contributed by atoms with Gasteiger partial charge in [0.25, 0.3) is 0 Å². The van der Waals surface area contributed by atoms with Crippen LogP contribution >= 0.6 is 0 Å². The first-order chi connectivity index (χ1) is 19.1. The third-order valence-electron chi connectivity index (χ3n) is 6.47. The van der Waals surface area contributed by atoms with Gasteiger partial charge in [0.2, 0.25) is 5.88 Å². The van der Waals surface area contributed by atoms with Crippen molar-refractivity contribution in [3.8, 4) is 17.0 Å². The summed E-state index contributed by atoms with van der Waals surface area (Å²) >= 11 is 0. The Morgan fingerprint density at radius 1 is 0.974 bits per heavy atom. The van der Waals surface area contributed by atoms with Crippen molar-refractivity contribution >= 4 is 17.0 Å². The fourth-order valence-corrected chi connectivity index (χ4v) is 4.46. The third kappa shape index (κ3) is 5.81. The molecule has 0 aliphatic heterocycles. The average Bonchev–Trinajstić information content (AvgIpc) is 3.32. The van der Waals surface area contributed by atoms with Gasteiger partial charge in [0.15, 0.2) is 0 Å². The summed E-state index contributed by atoms with van der Waals surface area (Å²) in [6, 6.07) is 23.8. The molecular formula is C31H28FN3O4. The smallest absolute Gasteiger partial charge is 0.337 e. The molecule has 2 heterocycles. The highest BCUT2D eigenvalue weighted by atomic mass is 19.1. The zero-order valence-electron chi connectivity index (χ0n) is 21.8. The molecular weight excluding hydrogens is 497 g/mol. The number of hydrogen-bond acceptors (Lipinski definition) is 6. The Morgan fingerprint density at radius 2 is 1.82 bits per heavy atom. The van der Waals surface area contributed by atoms with Crippen LogP contribution in [0.2, 0.25) is 0 Å². The summed E-state index contributed by atoms with van der Waals surface area (Å²) in [5, 5.41) is 0. The molecule has 0 atom stereocenters. The van der Waals surface area contributed by atoms with Crippen LogP contribution in [0.5, 0.6) is 5.88 Å². The van der Waals surface area contributed by atoms with Gasteiger partial charge in [-0.25, -0.2) is 19.2 Å². The number of imidazole rings is 1. The van der Waals surface area contributed by atoms with Crippen molar-refractivity contribution in [3.05, 3.63) is 113 Å². The first-order valence-electron chi connectivity index (χ1n) is 12.5. The lowest BCUT2D eigenvalue weighted by atomic mass is 10.0. The average molecular weight is 526 g/mol. The predicted octanol–water partition coefficient (Wildman–Crippen LogP) is 5.84. The SMILES string of the molecule is COCCn1c(Cc2ccc(-c3cccnc3OCc3ccccc3)cc2F)nc2ccc(C(=O)OC)cc21. The molecule has 39 heavy (non-hydrogen) atoms. The van der Waals surface area contributed by atoms with Gasteiger partial charge in [0, 0.05) is 31.8 Å². The fraction of sp³-hybridized carbons (Fsp3) is 0.194. The number of carbonyl (C=O) groups excluding carboxylic acids is 1. The molecule has 2 aromatic heterocycles. The van der Waals surface area contributed by atoms with Crippen LogP contribution in [0.3, 0.4) is 0 Å². The number of benzene rings is 3. The molecule has 0 fully saturated rings. The molecule has 0 amide bonds. The van der Waals surface area contributed by atoms with E-state index in [2.05, 4.69) is 4.98 Å². The lowest BCUT2D eigenvalue weighted by molar-refractivity contribution is 0.0601. The van der Waals surface area contributed by atoms with Crippen LogP contribution in [0, 0.1) is 5.82 Å². The Hall–Kier alpha value is -4.56. The molecule has 5 aromatic rings. The molecule has 0 aliphatic rings. The summed E-state index contributed by atoms with van der Waals surface area (Å²) < 4.78 is 33.5. The number of esters is 1. The maximum absolute atomic E-state index is 15.5. The summed E-state index contributed by atoms with van der Waals surface area (Å²) in [5.74, 6) is 0.327. The number of fused-ring (bicyclic) bond motifs is 1. The van der Waals surface area contributed by atoms with Crippen molar-refractivity contribution in [2.24, 2.45) is 0 Å². The van der Waals surface area contributed by atoms with Crippen LogP contribution < -0.4 is 4.74 Å². The number of halogens is 1. The Balaban J connectivity index is 1.43. The summed E-state index contributed by atoms with van der Waals surface area (Å²) in [7, 11) is 2.96. The van der Waals surface area contributed by atoms with E-state index in [0.717, 1.165) is 11.1 Å². The number of methoxy groups -OCH3 is 2. The normalized spacial score (nSPS) is 11.1. The molecule has 0 aliphatic carbocycles. The van der Waals surface area contributed by atoms with Crippen LogP contribution in [0.25, 0.3) is 22.2 Å². The van der Waals surface area contributed by atoms with Crippen LogP contribution in [0.1, 0.15) is 27.3 Å². The maximum atomic E-state index is 15.5. The number of hydrogen-bond donors (Lipinski definition) is 0. The van der Waals surface area contributed by atoms with Gasteiger partial charge in [-0.15, -0.1) is 0 Å². The van der Waals surface area contributed by atoms with E-state index in [1.807, 2.05) is 47.0 Å². The Kier molecular flexibility index (Phi) is 7.94. The van der Waals surface area contributed by atoms with Crippen molar-refractivity contribution in [2.45, 2.75) is 19.6 Å². The monoisotopic (exact) mass is 525 g/mol. The van der Waals surface area contributed by atoms with Crippen LogP contribution in [0.15, 0.2) is 85.1 Å². The highest BCUT2D eigenvalue weighted by Crippen LogP contribution is 2.30. The fourth-order valence-electron chi connectivity index (χ4n) is 4.46. The molecule has 0 spiro atoms. The quantitative estimate of drug-likeness (QED) is 0.213. The summed E-state index contributed by atoms with van der Waals surface area (Å²) in [6.45, 7) is 1.31. The molecule has 8 heteroatoms. The van der Waals surface area contributed by atoms with Gasteiger partial charge in [0.1, 0.15) is 18.2 Å². The van der Waals surface area contributed by atoms with E-state index in [1.54, 1.807) is 43.6 Å². The Morgan fingerprint density at radius 3 is 2.59 bits per heavy atom. The minimum Gasteiger partial charge on any atom is -0.472 e. The minimum atomic E-state index is -0.429. The van der Waals surface area contributed by atoms with Gasteiger partial charge >= 0.3 is 5.97 Å². The summed E-state index contributed by atoms with van der Waals surface area (Å²) in [5.41, 5.74) is 4.79. The number of aromatic nitrogens is 3. The number of carbonyl (C=O) groups is 1. The molecule has 3 aromatic carbocycles. The highest BCUT2D eigenvalue weighted by molar-refractivity contribution is 5.93. The number of pyridine rings is 1. The zero-order valence-corrected chi connectivity index (χ0v) is 21.8. The van der Waals surface area contributed by atoms with E-state index >= 15 is 4.39 Å². The van der Waals surface area contributed by atoms with Gasteiger partial charge in [-0.3, -0.25) is 0 Å². The zero-order chi connectivity index (χ0) is 27.2. The molecule has 0 radical (unpaired) electrons. The first kappa shape index (κ1) is 26.1. The number of rotatable bonds is 10. The van der Waals surface area contributed by atoms with E-state index in [4.69, 9.17) is 19.2 Å². The second-order valence-electron chi connectivity index (χ2n) is 8.98. The Bertz CT molecular complexity index is 1600. The topological polar surface area (TPSA) is 75.5 Å². The third-order valence-corrected chi connectivity index (χ3v) is 6.47. The van der Waals surface area contributed by atoms with E-state index in [9.17, 15) is 4.79 Å². The van der Waals surface area contributed by atoms with Crippen LogP contribution in [-0.4, -0.2) is 41.3 Å². The van der Waals surface area contributed by atoms with E-state index < -0.39 is 5.97 Å². The Labute approximate surface area is 225 Å². The van der Waals surface area contributed by atoms with Crippen molar-refractivity contribution in [1.29, 1.82) is 0 Å². The van der Waals surface area contributed by atoms with E-state index in [0.29, 0.717) is 59.2 Å². The molecule has 7 nitrogen and oxygen atoms in total. The molecule has 5 rings (SSSR count). The lowest BCUT2D eigenvalue weighted by Crippen LogP contribution is -2.10. The largest absolute Gasteiger partial charge is 0.472 e. The van der Waals surface area contributed by atoms with Gasteiger partial charge in [-0.05, 0) is 53.1 Å². The second kappa shape index (κ2) is 11.9. The number of nitrogens with zero attached hydrogens (tertiary/aromatic N) is 3. The highest BCUT2D eigenvalue weighted by Gasteiger charge is 2.17. The van der Waals surface area contributed by atoms with Gasteiger partial charge in [-0.1, -0.05) is 42.5 Å². The molecule has 0 bridgehead atoms. The summed E-state index contributed by atoms with van der Waals surface area (Å²) in [4.78, 5) is 21.2. The van der Waals surface area contributed by atoms with Crippen LogP contribution in [0.4, 0.5) is 4.39 Å². The maximum Gasteiger partial charge on any atom is 0.337 e. The number of ether oxygens (including phenoxy) is 3. The molecule has 0 unspecified atom stereocenters.